The van der Waals surface area contributed by atoms with E-state index in [0.29, 0.717) is 19.0 Å². The quantitative estimate of drug-likeness (QED) is 0.580. The van der Waals surface area contributed by atoms with Gasteiger partial charge in [-0.25, -0.2) is 0 Å². The molecule has 3 nitrogen and oxygen atoms in total. The Bertz CT molecular complexity index is 108. The minimum absolute atomic E-state index is 0.153. The molecule has 0 aromatic rings. The van der Waals surface area contributed by atoms with Crippen LogP contribution < -0.4 is 0 Å². The third kappa shape index (κ3) is 1.68. The van der Waals surface area contributed by atoms with Gasteiger partial charge in [0.05, 0.1) is 0 Å². The number of hydrogen-bond donors (Lipinski definition) is 1. The zero-order valence-corrected chi connectivity index (χ0v) is 6.29. The molecule has 0 aromatic heterocycles. The molecule has 0 aliphatic carbocycles. The zero-order chi connectivity index (χ0) is 7.56. The fourth-order valence-corrected chi connectivity index (χ4v) is 1.35. The van der Waals surface area contributed by atoms with Crippen molar-refractivity contribution in [3.63, 3.8) is 0 Å². The Hall–Kier alpha value is -0.120. The molecule has 3 heteroatoms. The van der Waals surface area contributed by atoms with Crippen LogP contribution in [0.25, 0.3) is 0 Å². The molecule has 0 spiro atoms. The summed E-state index contributed by atoms with van der Waals surface area (Å²) < 4.78 is 0. The summed E-state index contributed by atoms with van der Waals surface area (Å²) in [4.78, 5) is 0. The number of aliphatic hydroxyl groups is 1. The van der Waals surface area contributed by atoms with Gasteiger partial charge in [0, 0.05) is 6.61 Å². The lowest BCUT2D eigenvalue weighted by Crippen LogP contribution is -2.37. The summed E-state index contributed by atoms with van der Waals surface area (Å²) in [5.41, 5.74) is 0. The molecule has 10 heavy (non-hydrogen) atoms. The number of hydrogen-bond acceptors (Lipinski definition) is 3. The number of aliphatic hydroxyl groups excluding tert-OH is 1. The Morgan fingerprint density at radius 1 is 1.70 bits per heavy atom. The lowest BCUT2D eigenvalue weighted by molar-refractivity contribution is 0.106. The highest BCUT2D eigenvalue weighted by molar-refractivity contribution is 4.77. The van der Waals surface area contributed by atoms with Crippen LogP contribution >= 0.6 is 0 Å². The molecule has 1 N–H and O–H groups in total. The maximum Gasteiger partial charge on any atom is 0.0473 e. The molecule has 2 atom stereocenters. The van der Waals surface area contributed by atoms with Crippen molar-refractivity contribution in [3.05, 3.63) is 5.21 Å². The SMILES string of the molecule is CC1CCN([O-])CC1CO. The first-order valence-corrected chi connectivity index (χ1v) is 3.77. The van der Waals surface area contributed by atoms with Crippen molar-refractivity contribution in [3.8, 4) is 0 Å². The van der Waals surface area contributed by atoms with E-state index < -0.39 is 0 Å². The first kappa shape index (κ1) is 7.98. The fraction of sp³-hybridized carbons (Fsp3) is 1.00. The molecule has 0 saturated carbocycles. The van der Waals surface area contributed by atoms with E-state index in [4.69, 9.17) is 5.11 Å². The Morgan fingerprint density at radius 3 is 2.90 bits per heavy atom. The van der Waals surface area contributed by atoms with Gasteiger partial charge >= 0.3 is 0 Å². The number of nitrogens with zero attached hydrogens (tertiary/aromatic N) is 1. The van der Waals surface area contributed by atoms with Crippen molar-refractivity contribution in [1.29, 1.82) is 0 Å². The molecule has 0 radical (unpaired) electrons. The lowest BCUT2D eigenvalue weighted by atomic mass is 9.89. The standard InChI is InChI=1S/C7H14NO2/c1-6-2-3-8(10)4-7(6)5-9/h6-7,9H,2-5H2,1H3/q-1. The van der Waals surface area contributed by atoms with Crippen LogP contribution in [0.5, 0.6) is 0 Å². The Kier molecular flexibility index (Phi) is 2.65. The first-order chi connectivity index (χ1) is 4.74. The fourth-order valence-electron chi connectivity index (χ4n) is 1.35. The summed E-state index contributed by atoms with van der Waals surface area (Å²) in [5, 5.41) is 20.6. The van der Waals surface area contributed by atoms with E-state index in [9.17, 15) is 5.21 Å². The summed E-state index contributed by atoms with van der Waals surface area (Å²) in [5.74, 6) is 0.710. The third-order valence-electron chi connectivity index (χ3n) is 2.31. The van der Waals surface area contributed by atoms with Gasteiger partial charge in [0.25, 0.3) is 0 Å². The Labute approximate surface area is 61.2 Å². The minimum atomic E-state index is 0.153. The Balaban J connectivity index is 2.38. The Morgan fingerprint density at radius 2 is 2.40 bits per heavy atom. The smallest absolute Gasteiger partial charge is 0.0473 e. The largest absolute Gasteiger partial charge is 0.785 e. The molecular weight excluding hydrogens is 130 g/mol. The molecule has 1 saturated heterocycles. The minimum Gasteiger partial charge on any atom is -0.785 e. The highest BCUT2D eigenvalue weighted by Crippen LogP contribution is 2.21. The average Bonchev–Trinajstić information content (AvgIpc) is 1.94. The maximum atomic E-state index is 10.8. The van der Waals surface area contributed by atoms with Crippen LogP contribution in [0.1, 0.15) is 13.3 Å². The molecule has 1 heterocycles. The normalized spacial score (nSPS) is 36.3. The molecule has 0 bridgehead atoms. The summed E-state index contributed by atoms with van der Waals surface area (Å²) in [7, 11) is 0. The van der Waals surface area contributed by atoms with Crippen molar-refractivity contribution < 1.29 is 5.11 Å². The van der Waals surface area contributed by atoms with E-state index in [1.807, 2.05) is 0 Å². The second-order valence-corrected chi connectivity index (χ2v) is 3.10. The van der Waals surface area contributed by atoms with Gasteiger partial charge in [-0.05, 0) is 31.3 Å². The van der Waals surface area contributed by atoms with E-state index in [1.165, 1.54) is 0 Å². The van der Waals surface area contributed by atoms with E-state index in [0.717, 1.165) is 11.5 Å². The molecule has 0 aromatic carbocycles. The average molecular weight is 144 g/mol. The van der Waals surface area contributed by atoms with Crippen LogP contribution in [-0.4, -0.2) is 29.9 Å². The number of rotatable bonds is 1. The van der Waals surface area contributed by atoms with Crippen LogP contribution in [0, 0.1) is 17.0 Å². The highest BCUT2D eigenvalue weighted by atomic mass is 16.5. The topological polar surface area (TPSA) is 46.5 Å². The van der Waals surface area contributed by atoms with Gasteiger partial charge in [-0.2, -0.15) is 0 Å². The van der Waals surface area contributed by atoms with E-state index >= 15 is 0 Å². The molecular formula is C7H14NO2-. The van der Waals surface area contributed by atoms with Gasteiger partial charge in [0.15, 0.2) is 0 Å². The second kappa shape index (κ2) is 3.32. The molecule has 1 fully saturated rings. The van der Waals surface area contributed by atoms with Crippen LogP contribution in [0.3, 0.4) is 0 Å². The molecule has 1 aliphatic heterocycles. The summed E-state index contributed by atoms with van der Waals surface area (Å²) in [6, 6.07) is 0. The van der Waals surface area contributed by atoms with Crippen molar-refractivity contribution in [2.24, 2.45) is 11.8 Å². The summed E-state index contributed by atoms with van der Waals surface area (Å²) >= 11 is 0. The molecule has 2 unspecified atom stereocenters. The van der Waals surface area contributed by atoms with Crippen molar-refractivity contribution in [2.75, 3.05) is 19.7 Å². The molecule has 0 amide bonds. The van der Waals surface area contributed by atoms with Gasteiger partial charge in [0.1, 0.15) is 0 Å². The number of piperidine rings is 1. The predicted molar refractivity (Wildman–Crippen MR) is 39.3 cm³/mol. The van der Waals surface area contributed by atoms with Crippen LogP contribution in [0.15, 0.2) is 0 Å². The maximum absolute atomic E-state index is 10.8. The zero-order valence-electron chi connectivity index (χ0n) is 6.29. The molecule has 1 aliphatic rings. The van der Waals surface area contributed by atoms with Crippen molar-refractivity contribution >= 4 is 0 Å². The molecule has 60 valence electrons. The van der Waals surface area contributed by atoms with E-state index in [-0.39, 0.29) is 12.5 Å². The van der Waals surface area contributed by atoms with E-state index in [1.54, 1.807) is 0 Å². The third-order valence-corrected chi connectivity index (χ3v) is 2.31. The predicted octanol–water partition coefficient (Wildman–Crippen LogP) is 0.435. The monoisotopic (exact) mass is 144 g/mol. The van der Waals surface area contributed by atoms with Crippen molar-refractivity contribution in [1.82, 2.24) is 5.06 Å². The van der Waals surface area contributed by atoms with Gasteiger partial charge in [-0.3, -0.25) is 0 Å². The van der Waals surface area contributed by atoms with Crippen molar-refractivity contribution in [2.45, 2.75) is 13.3 Å². The van der Waals surface area contributed by atoms with E-state index in [2.05, 4.69) is 6.92 Å². The summed E-state index contributed by atoms with van der Waals surface area (Å²) in [6.45, 7) is 3.39. The highest BCUT2D eigenvalue weighted by Gasteiger charge is 2.20. The van der Waals surface area contributed by atoms with Gasteiger partial charge in [0.2, 0.25) is 0 Å². The first-order valence-electron chi connectivity index (χ1n) is 3.77. The van der Waals surface area contributed by atoms with Crippen LogP contribution in [0.4, 0.5) is 0 Å². The molecule has 1 rings (SSSR count). The van der Waals surface area contributed by atoms with Gasteiger partial charge < -0.3 is 15.4 Å². The second-order valence-electron chi connectivity index (χ2n) is 3.10. The van der Waals surface area contributed by atoms with Gasteiger partial charge in [-0.15, -0.1) is 0 Å². The summed E-state index contributed by atoms with van der Waals surface area (Å²) in [6.07, 6.45) is 0.925. The van der Waals surface area contributed by atoms with Gasteiger partial charge in [-0.1, -0.05) is 6.92 Å². The van der Waals surface area contributed by atoms with Crippen LogP contribution in [0.2, 0.25) is 0 Å². The number of hydroxylamine groups is 2. The van der Waals surface area contributed by atoms with Crippen LogP contribution in [-0.2, 0) is 0 Å². The lowest BCUT2D eigenvalue weighted by Gasteiger charge is -2.40.